The second-order valence-electron chi connectivity index (χ2n) is 6.17. The largest absolute Gasteiger partial charge is 0.389 e. The highest BCUT2D eigenvalue weighted by atomic mass is 32.1. The van der Waals surface area contributed by atoms with Crippen LogP contribution >= 0.6 is 11.5 Å². The minimum absolute atomic E-state index is 0.142. The molecule has 0 radical (unpaired) electrons. The Morgan fingerprint density at radius 3 is 2.33 bits per heavy atom. The molecule has 6 heteroatoms. The van der Waals surface area contributed by atoms with Crippen LogP contribution in [0.2, 0.25) is 0 Å². The minimum atomic E-state index is -0.912. The van der Waals surface area contributed by atoms with Gasteiger partial charge in [0, 0.05) is 19.0 Å². The van der Waals surface area contributed by atoms with E-state index in [0.29, 0.717) is 10.6 Å². The highest BCUT2D eigenvalue weighted by Gasteiger charge is 2.29. The lowest BCUT2D eigenvalue weighted by atomic mass is 9.91. The van der Waals surface area contributed by atoms with Crippen molar-refractivity contribution in [2.24, 2.45) is 0 Å². The number of aliphatic hydroxyl groups is 1. The molecule has 5 nitrogen and oxygen atoms in total. The van der Waals surface area contributed by atoms with Crippen LogP contribution < -0.4 is 0 Å². The molecule has 0 aliphatic rings. The quantitative estimate of drug-likeness (QED) is 0.908. The lowest BCUT2D eigenvalue weighted by Gasteiger charge is -2.26. The van der Waals surface area contributed by atoms with Gasteiger partial charge in [-0.15, -0.1) is 5.10 Å². The second kappa shape index (κ2) is 4.93. The summed E-state index contributed by atoms with van der Waals surface area (Å²) in [5.74, 6) is -0.142. The SMILES string of the molecule is CN(CC(C)(C)O)C(=O)c1snnc1C(C)(C)C. The molecule has 1 aromatic rings. The Kier molecular flexibility index (Phi) is 4.12. The van der Waals surface area contributed by atoms with E-state index in [1.54, 1.807) is 20.9 Å². The average molecular weight is 271 g/mol. The Bertz CT molecular complexity index is 429. The molecule has 1 aromatic heterocycles. The normalized spacial score (nSPS) is 12.6. The predicted octanol–water partition coefficient (Wildman–Crippen LogP) is 1.68. The topological polar surface area (TPSA) is 66.3 Å². The van der Waals surface area contributed by atoms with Crippen LogP contribution in [0.25, 0.3) is 0 Å². The number of hydrogen-bond acceptors (Lipinski definition) is 5. The van der Waals surface area contributed by atoms with E-state index in [9.17, 15) is 9.90 Å². The zero-order valence-electron chi connectivity index (χ0n) is 11.8. The van der Waals surface area contributed by atoms with Crippen LogP contribution in [0.15, 0.2) is 0 Å². The minimum Gasteiger partial charge on any atom is -0.389 e. The Morgan fingerprint density at radius 1 is 1.33 bits per heavy atom. The molecule has 0 aliphatic carbocycles. The van der Waals surface area contributed by atoms with E-state index in [1.807, 2.05) is 20.8 Å². The summed E-state index contributed by atoms with van der Waals surface area (Å²) in [7, 11) is 1.67. The van der Waals surface area contributed by atoms with Crippen LogP contribution in [0.3, 0.4) is 0 Å². The average Bonchev–Trinajstić information content (AvgIpc) is 2.60. The molecule has 0 saturated heterocycles. The standard InChI is InChI=1S/C12H21N3O2S/c1-11(2,3)9-8(18-14-13-9)10(16)15(6)7-12(4,5)17/h17H,7H2,1-6H3. The first-order valence-electron chi connectivity index (χ1n) is 5.83. The van der Waals surface area contributed by atoms with Crippen molar-refractivity contribution in [2.45, 2.75) is 45.6 Å². The van der Waals surface area contributed by atoms with E-state index in [1.165, 1.54) is 4.90 Å². The van der Waals surface area contributed by atoms with Crippen LogP contribution in [0.5, 0.6) is 0 Å². The van der Waals surface area contributed by atoms with Crippen molar-refractivity contribution in [3.8, 4) is 0 Å². The van der Waals surface area contributed by atoms with Crippen LogP contribution in [0, 0.1) is 0 Å². The summed E-state index contributed by atoms with van der Waals surface area (Å²) < 4.78 is 3.87. The van der Waals surface area contributed by atoms with Crippen LogP contribution in [0.4, 0.5) is 0 Å². The molecule has 0 atom stereocenters. The molecular weight excluding hydrogens is 250 g/mol. The third kappa shape index (κ3) is 3.74. The fourth-order valence-electron chi connectivity index (χ4n) is 1.65. The van der Waals surface area contributed by atoms with Gasteiger partial charge < -0.3 is 10.0 Å². The van der Waals surface area contributed by atoms with Crippen molar-refractivity contribution in [3.05, 3.63) is 10.6 Å². The molecule has 1 heterocycles. The summed E-state index contributed by atoms with van der Waals surface area (Å²) >= 11 is 1.10. The lowest BCUT2D eigenvalue weighted by Crippen LogP contribution is -2.40. The summed E-state index contributed by atoms with van der Waals surface area (Å²) in [5, 5.41) is 13.8. The monoisotopic (exact) mass is 271 g/mol. The Hall–Kier alpha value is -1.01. The number of carbonyl (C=O) groups is 1. The second-order valence-corrected chi connectivity index (χ2v) is 6.93. The summed E-state index contributed by atoms with van der Waals surface area (Å²) in [6.07, 6.45) is 0. The van der Waals surface area contributed by atoms with E-state index in [0.717, 1.165) is 11.5 Å². The summed E-state index contributed by atoms with van der Waals surface area (Å²) in [6, 6.07) is 0. The van der Waals surface area contributed by atoms with Crippen molar-refractivity contribution in [2.75, 3.05) is 13.6 Å². The molecule has 0 fully saturated rings. The number of rotatable bonds is 3. The van der Waals surface area contributed by atoms with E-state index in [4.69, 9.17) is 0 Å². The van der Waals surface area contributed by atoms with Crippen LogP contribution in [-0.2, 0) is 5.41 Å². The van der Waals surface area contributed by atoms with Gasteiger partial charge in [-0.1, -0.05) is 25.3 Å². The zero-order valence-corrected chi connectivity index (χ0v) is 12.6. The maximum absolute atomic E-state index is 12.3. The Morgan fingerprint density at radius 2 is 1.89 bits per heavy atom. The van der Waals surface area contributed by atoms with Gasteiger partial charge in [0.25, 0.3) is 5.91 Å². The fourth-order valence-corrected chi connectivity index (χ4v) is 2.52. The third-order valence-electron chi connectivity index (χ3n) is 2.36. The number of nitrogens with zero attached hydrogens (tertiary/aromatic N) is 3. The maximum Gasteiger partial charge on any atom is 0.267 e. The Balaban J connectivity index is 2.95. The van der Waals surface area contributed by atoms with Gasteiger partial charge in [-0.2, -0.15) is 0 Å². The van der Waals surface area contributed by atoms with Crippen molar-refractivity contribution < 1.29 is 9.90 Å². The van der Waals surface area contributed by atoms with E-state index in [2.05, 4.69) is 9.59 Å². The van der Waals surface area contributed by atoms with Crippen molar-refractivity contribution in [1.29, 1.82) is 0 Å². The van der Waals surface area contributed by atoms with Gasteiger partial charge >= 0.3 is 0 Å². The predicted molar refractivity (Wildman–Crippen MR) is 71.9 cm³/mol. The molecule has 0 spiro atoms. The first-order valence-corrected chi connectivity index (χ1v) is 6.60. The van der Waals surface area contributed by atoms with E-state index >= 15 is 0 Å². The molecule has 0 saturated carbocycles. The number of carbonyl (C=O) groups excluding carboxylic acids is 1. The highest BCUT2D eigenvalue weighted by Crippen LogP contribution is 2.26. The molecule has 102 valence electrons. The molecule has 0 bridgehead atoms. The number of likely N-dealkylation sites (N-methyl/N-ethyl adjacent to an activating group) is 1. The summed E-state index contributed by atoms with van der Waals surface area (Å²) in [5.41, 5.74) is -0.419. The van der Waals surface area contributed by atoms with Gasteiger partial charge in [0.2, 0.25) is 0 Å². The van der Waals surface area contributed by atoms with Gasteiger partial charge in [-0.05, 0) is 25.4 Å². The molecular formula is C12H21N3O2S. The summed E-state index contributed by atoms with van der Waals surface area (Å²) in [6.45, 7) is 9.61. The molecule has 1 amide bonds. The van der Waals surface area contributed by atoms with Gasteiger partial charge in [-0.25, -0.2) is 0 Å². The molecule has 0 aliphatic heterocycles. The third-order valence-corrected chi connectivity index (χ3v) is 3.08. The van der Waals surface area contributed by atoms with Gasteiger partial charge in [0.05, 0.1) is 11.3 Å². The van der Waals surface area contributed by atoms with Gasteiger partial charge in [0.1, 0.15) is 4.88 Å². The number of aromatic nitrogens is 2. The first-order chi connectivity index (χ1) is 8.02. The zero-order chi connectivity index (χ0) is 14.1. The van der Waals surface area contributed by atoms with E-state index in [-0.39, 0.29) is 17.9 Å². The maximum atomic E-state index is 12.3. The molecule has 18 heavy (non-hydrogen) atoms. The van der Waals surface area contributed by atoms with Crippen LogP contribution in [0.1, 0.15) is 50.0 Å². The smallest absolute Gasteiger partial charge is 0.267 e. The highest BCUT2D eigenvalue weighted by molar-refractivity contribution is 7.08. The van der Waals surface area contributed by atoms with Crippen molar-refractivity contribution in [1.82, 2.24) is 14.5 Å². The van der Waals surface area contributed by atoms with Gasteiger partial charge in [0.15, 0.2) is 0 Å². The van der Waals surface area contributed by atoms with E-state index < -0.39 is 5.60 Å². The molecule has 0 unspecified atom stereocenters. The lowest BCUT2D eigenvalue weighted by molar-refractivity contribution is 0.0369. The molecule has 0 aromatic carbocycles. The summed E-state index contributed by atoms with van der Waals surface area (Å²) in [4.78, 5) is 14.4. The van der Waals surface area contributed by atoms with Crippen molar-refractivity contribution in [3.63, 3.8) is 0 Å². The van der Waals surface area contributed by atoms with Crippen LogP contribution in [-0.4, -0.2) is 44.7 Å². The Labute approximate surface area is 112 Å². The molecule has 1 N–H and O–H groups in total. The first kappa shape index (κ1) is 15.0. The van der Waals surface area contributed by atoms with Gasteiger partial charge in [-0.3, -0.25) is 4.79 Å². The molecule has 1 rings (SSSR count). The number of hydrogen-bond donors (Lipinski definition) is 1. The van der Waals surface area contributed by atoms with Crippen molar-refractivity contribution >= 4 is 17.4 Å². The number of amides is 1. The fraction of sp³-hybridized carbons (Fsp3) is 0.750.